The zero-order valence-corrected chi connectivity index (χ0v) is 15.8. The SMILES string of the molecule is CN1CCN(C(=O)c2cccc(N3CCN[C@H](c4ccccc4)C3)n2)CC1. The van der Waals surface area contributed by atoms with Crippen molar-refractivity contribution in [3.63, 3.8) is 0 Å². The topological polar surface area (TPSA) is 51.7 Å². The molecule has 0 bridgehead atoms. The fraction of sp³-hybridized carbons (Fsp3) is 0.429. The Hall–Kier alpha value is -2.44. The lowest BCUT2D eigenvalue weighted by molar-refractivity contribution is 0.0658. The van der Waals surface area contributed by atoms with E-state index in [2.05, 4.69) is 46.4 Å². The van der Waals surface area contributed by atoms with Crippen LogP contribution in [-0.2, 0) is 0 Å². The van der Waals surface area contributed by atoms with Crippen molar-refractivity contribution in [3.8, 4) is 0 Å². The quantitative estimate of drug-likeness (QED) is 0.896. The van der Waals surface area contributed by atoms with E-state index in [1.54, 1.807) is 0 Å². The van der Waals surface area contributed by atoms with Crippen molar-refractivity contribution in [1.82, 2.24) is 20.1 Å². The summed E-state index contributed by atoms with van der Waals surface area (Å²) in [4.78, 5) is 24.0. The Kier molecular flexibility index (Phi) is 5.36. The molecule has 0 saturated carbocycles. The maximum atomic E-state index is 12.8. The Morgan fingerprint density at radius 1 is 1.00 bits per heavy atom. The summed E-state index contributed by atoms with van der Waals surface area (Å²) in [5, 5.41) is 3.58. The van der Waals surface area contributed by atoms with Crippen LogP contribution in [0.5, 0.6) is 0 Å². The highest BCUT2D eigenvalue weighted by Crippen LogP contribution is 2.21. The molecule has 3 heterocycles. The number of carbonyl (C=O) groups excluding carboxylic acids is 1. The Balaban J connectivity index is 1.48. The van der Waals surface area contributed by atoms with Crippen LogP contribution in [0.25, 0.3) is 0 Å². The number of piperazine rings is 2. The van der Waals surface area contributed by atoms with Gasteiger partial charge in [-0.25, -0.2) is 4.98 Å². The third-order valence-electron chi connectivity index (χ3n) is 5.45. The molecular weight excluding hydrogens is 338 g/mol. The fourth-order valence-electron chi connectivity index (χ4n) is 3.76. The number of hydrogen-bond acceptors (Lipinski definition) is 5. The van der Waals surface area contributed by atoms with Crippen molar-refractivity contribution in [2.24, 2.45) is 0 Å². The van der Waals surface area contributed by atoms with Crippen LogP contribution in [0, 0.1) is 0 Å². The molecule has 0 unspecified atom stereocenters. The zero-order chi connectivity index (χ0) is 18.6. The number of benzene rings is 1. The Morgan fingerprint density at radius 3 is 2.56 bits per heavy atom. The van der Waals surface area contributed by atoms with Crippen LogP contribution >= 0.6 is 0 Å². The highest BCUT2D eigenvalue weighted by molar-refractivity contribution is 5.92. The summed E-state index contributed by atoms with van der Waals surface area (Å²) in [5.74, 6) is 0.928. The minimum absolute atomic E-state index is 0.0414. The minimum atomic E-state index is 0.0414. The molecule has 0 radical (unpaired) electrons. The van der Waals surface area contributed by atoms with Crippen molar-refractivity contribution in [2.45, 2.75) is 6.04 Å². The number of anilines is 1. The summed E-state index contributed by atoms with van der Waals surface area (Å²) in [6.07, 6.45) is 0. The smallest absolute Gasteiger partial charge is 0.272 e. The molecule has 2 fully saturated rings. The van der Waals surface area contributed by atoms with Gasteiger partial charge in [0.2, 0.25) is 0 Å². The number of hydrogen-bond donors (Lipinski definition) is 1. The van der Waals surface area contributed by atoms with E-state index in [9.17, 15) is 4.79 Å². The average molecular weight is 365 g/mol. The van der Waals surface area contributed by atoms with Crippen LogP contribution in [0.1, 0.15) is 22.1 Å². The van der Waals surface area contributed by atoms with Gasteiger partial charge in [0.15, 0.2) is 0 Å². The summed E-state index contributed by atoms with van der Waals surface area (Å²) in [7, 11) is 2.09. The summed E-state index contributed by atoms with van der Waals surface area (Å²) < 4.78 is 0. The molecule has 1 atom stereocenters. The molecule has 0 spiro atoms. The molecule has 6 nitrogen and oxygen atoms in total. The molecule has 142 valence electrons. The fourth-order valence-corrected chi connectivity index (χ4v) is 3.76. The van der Waals surface area contributed by atoms with Gasteiger partial charge in [-0.1, -0.05) is 36.4 Å². The van der Waals surface area contributed by atoms with Gasteiger partial charge in [-0.2, -0.15) is 0 Å². The monoisotopic (exact) mass is 365 g/mol. The van der Waals surface area contributed by atoms with E-state index in [0.29, 0.717) is 5.69 Å². The van der Waals surface area contributed by atoms with Gasteiger partial charge in [-0.05, 0) is 24.7 Å². The van der Waals surface area contributed by atoms with Crippen LogP contribution < -0.4 is 10.2 Å². The largest absolute Gasteiger partial charge is 0.353 e. The number of pyridine rings is 1. The molecular formula is C21H27N5O. The number of aromatic nitrogens is 1. The van der Waals surface area contributed by atoms with E-state index in [1.807, 2.05) is 29.2 Å². The molecule has 6 heteroatoms. The van der Waals surface area contributed by atoms with Gasteiger partial charge in [0, 0.05) is 51.9 Å². The van der Waals surface area contributed by atoms with Gasteiger partial charge >= 0.3 is 0 Å². The average Bonchev–Trinajstić information content (AvgIpc) is 2.75. The first-order valence-corrected chi connectivity index (χ1v) is 9.69. The molecule has 1 N–H and O–H groups in total. The summed E-state index contributed by atoms with van der Waals surface area (Å²) >= 11 is 0. The summed E-state index contributed by atoms with van der Waals surface area (Å²) in [5.41, 5.74) is 1.83. The predicted molar refractivity (Wildman–Crippen MR) is 107 cm³/mol. The standard InChI is InChI=1S/C21H27N5O/c1-24-12-14-25(15-13-24)21(27)18-8-5-9-20(23-18)26-11-10-22-19(16-26)17-6-3-2-4-7-17/h2-9,19,22H,10-16H2,1H3/t19-/m0/s1. The second-order valence-electron chi connectivity index (χ2n) is 7.34. The summed E-state index contributed by atoms with van der Waals surface area (Å²) in [6.45, 7) is 6.02. The molecule has 2 aliphatic rings. The molecule has 1 aromatic heterocycles. The van der Waals surface area contributed by atoms with Crippen molar-refractivity contribution in [3.05, 3.63) is 59.8 Å². The second kappa shape index (κ2) is 8.06. The molecule has 27 heavy (non-hydrogen) atoms. The van der Waals surface area contributed by atoms with Gasteiger partial charge in [-0.15, -0.1) is 0 Å². The lowest BCUT2D eigenvalue weighted by Gasteiger charge is -2.35. The number of likely N-dealkylation sites (N-methyl/N-ethyl adjacent to an activating group) is 1. The Bertz CT molecular complexity index is 773. The van der Waals surface area contributed by atoms with Gasteiger partial charge in [0.05, 0.1) is 0 Å². The maximum Gasteiger partial charge on any atom is 0.272 e. The van der Waals surface area contributed by atoms with Crippen LogP contribution in [0.15, 0.2) is 48.5 Å². The predicted octanol–water partition coefficient (Wildman–Crippen LogP) is 1.62. The highest BCUT2D eigenvalue weighted by atomic mass is 16.2. The molecule has 2 aromatic rings. The number of nitrogens with one attached hydrogen (secondary N) is 1. The third kappa shape index (κ3) is 4.12. The van der Waals surface area contributed by atoms with Gasteiger partial charge in [0.25, 0.3) is 5.91 Å². The van der Waals surface area contributed by atoms with Crippen molar-refractivity contribution >= 4 is 11.7 Å². The highest BCUT2D eigenvalue weighted by Gasteiger charge is 2.24. The van der Waals surface area contributed by atoms with E-state index in [-0.39, 0.29) is 11.9 Å². The Morgan fingerprint density at radius 2 is 1.78 bits per heavy atom. The second-order valence-corrected chi connectivity index (χ2v) is 7.34. The van der Waals surface area contributed by atoms with Crippen LogP contribution in [-0.4, -0.2) is 73.6 Å². The van der Waals surface area contributed by atoms with E-state index < -0.39 is 0 Å². The summed E-state index contributed by atoms with van der Waals surface area (Å²) in [6, 6.07) is 16.6. The van der Waals surface area contributed by atoms with E-state index in [0.717, 1.165) is 51.6 Å². The number of rotatable bonds is 3. The first-order valence-electron chi connectivity index (χ1n) is 9.69. The molecule has 0 aliphatic carbocycles. The molecule has 1 aromatic carbocycles. The molecule has 2 aliphatic heterocycles. The van der Waals surface area contributed by atoms with Crippen molar-refractivity contribution in [2.75, 3.05) is 57.8 Å². The molecule has 1 amide bonds. The minimum Gasteiger partial charge on any atom is -0.353 e. The first kappa shape index (κ1) is 17.9. The third-order valence-corrected chi connectivity index (χ3v) is 5.45. The van der Waals surface area contributed by atoms with Crippen molar-refractivity contribution < 1.29 is 4.79 Å². The number of nitrogens with zero attached hydrogens (tertiary/aromatic N) is 4. The van der Waals surface area contributed by atoms with Gasteiger partial charge in [-0.3, -0.25) is 4.79 Å². The Labute approximate surface area is 160 Å². The lowest BCUT2D eigenvalue weighted by Crippen LogP contribution is -2.48. The number of amides is 1. The van der Waals surface area contributed by atoms with Crippen LogP contribution in [0.3, 0.4) is 0 Å². The van der Waals surface area contributed by atoms with Gasteiger partial charge < -0.3 is 20.0 Å². The van der Waals surface area contributed by atoms with E-state index in [1.165, 1.54) is 5.56 Å². The molecule has 4 rings (SSSR count). The van der Waals surface area contributed by atoms with E-state index in [4.69, 9.17) is 4.98 Å². The van der Waals surface area contributed by atoms with E-state index >= 15 is 0 Å². The zero-order valence-electron chi connectivity index (χ0n) is 15.8. The number of carbonyl (C=O) groups is 1. The first-order chi connectivity index (χ1) is 13.2. The normalized spacial score (nSPS) is 21.3. The molecule has 2 saturated heterocycles. The maximum absolute atomic E-state index is 12.8. The van der Waals surface area contributed by atoms with Crippen LogP contribution in [0.2, 0.25) is 0 Å². The van der Waals surface area contributed by atoms with Crippen molar-refractivity contribution in [1.29, 1.82) is 0 Å². The van der Waals surface area contributed by atoms with Gasteiger partial charge in [0.1, 0.15) is 11.5 Å². The van der Waals surface area contributed by atoms with Crippen LogP contribution in [0.4, 0.5) is 5.82 Å². The lowest BCUT2D eigenvalue weighted by atomic mass is 10.0.